The van der Waals surface area contributed by atoms with E-state index < -0.39 is 17.2 Å². The van der Waals surface area contributed by atoms with Gasteiger partial charge in [-0.25, -0.2) is 4.39 Å². The Kier molecular flexibility index (Phi) is 4.90. The van der Waals surface area contributed by atoms with E-state index in [0.29, 0.717) is 19.4 Å². The molecule has 22 heavy (non-hydrogen) atoms. The zero-order valence-corrected chi connectivity index (χ0v) is 12.9. The molecular formula is C15H17ClFNO4. The van der Waals surface area contributed by atoms with Gasteiger partial charge in [-0.15, -0.1) is 0 Å². The summed E-state index contributed by atoms with van der Waals surface area (Å²) >= 11 is 5.63. The van der Waals surface area contributed by atoms with Gasteiger partial charge in [0.25, 0.3) is 5.91 Å². The van der Waals surface area contributed by atoms with Gasteiger partial charge < -0.3 is 14.7 Å². The van der Waals surface area contributed by atoms with Gasteiger partial charge in [0, 0.05) is 19.2 Å². The van der Waals surface area contributed by atoms with Crippen molar-refractivity contribution in [1.82, 2.24) is 4.90 Å². The van der Waals surface area contributed by atoms with Crippen LogP contribution in [0.25, 0.3) is 0 Å². The molecule has 0 aliphatic carbocycles. The average molecular weight is 330 g/mol. The number of nitrogens with zero attached hydrogens (tertiary/aromatic N) is 1. The summed E-state index contributed by atoms with van der Waals surface area (Å²) in [4.78, 5) is 24.9. The van der Waals surface area contributed by atoms with E-state index in [1.165, 1.54) is 17.0 Å². The van der Waals surface area contributed by atoms with E-state index in [1.807, 2.05) is 0 Å². The monoisotopic (exact) mass is 329 g/mol. The number of carboxylic acids is 1. The van der Waals surface area contributed by atoms with Gasteiger partial charge in [0.1, 0.15) is 11.6 Å². The number of carboxylic acid groups (broad SMARTS) is 1. The smallest absolute Gasteiger partial charge is 0.311 e. The van der Waals surface area contributed by atoms with E-state index in [1.54, 1.807) is 6.92 Å². The van der Waals surface area contributed by atoms with Gasteiger partial charge in [-0.1, -0.05) is 11.6 Å². The highest BCUT2D eigenvalue weighted by atomic mass is 35.5. The number of rotatable bonds is 4. The summed E-state index contributed by atoms with van der Waals surface area (Å²) in [7, 11) is 0. The number of amides is 1. The van der Waals surface area contributed by atoms with Crippen molar-refractivity contribution in [3.63, 3.8) is 0 Å². The van der Waals surface area contributed by atoms with Gasteiger partial charge in [0.05, 0.1) is 10.4 Å². The van der Waals surface area contributed by atoms with Crippen molar-refractivity contribution in [2.45, 2.75) is 19.8 Å². The second-order valence-electron chi connectivity index (χ2n) is 5.65. The minimum atomic E-state index is -0.924. The SMILES string of the molecule is CC1(C(=O)O)CCCN(C(=O)COc2ccc(F)c(Cl)c2)C1. The summed E-state index contributed by atoms with van der Waals surface area (Å²) in [5.74, 6) is -1.48. The highest BCUT2D eigenvalue weighted by molar-refractivity contribution is 6.30. The zero-order chi connectivity index (χ0) is 16.3. The Labute approximate surface area is 132 Å². The second kappa shape index (κ2) is 6.52. The molecule has 1 saturated heterocycles. The zero-order valence-electron chi connectivity index (χ0n) is 12.1. The lowest BCUT2D eigenvalue weighted by atomic mass is 9.82. The molecule has 0 bridgehead atoms. The molecular weight excluding hydrogens is 313 g/mol. The molecule has 1 aromatic rings. The Bertz CT molecular complexity index is 595. The molecule has 0 aromatic heterocycles. The van der Waals surface area contributed by atoms with Gasteiger partial charge in [0.2, 0.25) is 0 Å². The number of hydrogen-bond donors (Lipinski definition) is 1. The summed E-state index contributed by atoms with van der Waals surface area (Å²) < 4.78 is 18.3. The number of aliphatic carboxylic acids is 1. The van der Waals surface area contributed by atoms with Crippen LogP contribution in [0.15, 0.2) is 18.2 Å². The number of benzene rings is 1. The molecule has 0 radical (unpaired) electrons. The first kappa shape index (κ1) is 16.5. The first-order valence-electron chi connectivity index (χ1n) is 6.91. The standard InChI is InChI=1S/C15H17ClFNO4/c1-15(14(20)21)5-2-6-18(9-15)13(19)8-22-10-3-4-12(17)11(16)7-10/h3-4,7H,2,5-6,8-9H2,1H3,(H,20,21). The van der Waals surface area contributed by atoms with Gasteiger partial charge in [-0.05, 0) is 31.9 Å². The highest BCUT2D eigenvalue weighted by Crippen LogP contribution is 2.29. The van der Waals surface area contributed by atoms with E-state index in [0.717, 1.165) is 6.07 Å². The maximum atomic E-state index is 13.0. The van der Waals surface area contributed by atoms with Crippen molar-refractivity contribution < 1.29 is 23.8 Å². The fourth-order valence-corrected chi connectivity index (χ4v) is 2.60. The Balaban J connectivity index is 1.94. The molecule has 1 aliphatic rings. The van der Waals surface area contributed by atoms with Crippen molar-refractivity contribution in [3.8, 4) is 5.75 Å². The van der Waals surface area contributed by atoms with Gasteiger partial charge in [-0.3, -0.25) is 9.59 Å². The van der Waals surface area contributed by atoms with Crippen LogP contribution in [-0.4, -0.2) is 41.6 Å². The summed E-state index contributed by atoms with van der Waals surface area (Å²) in [5.41, 5.74) is -0.924. The number of ether oxygens (including phenoxy) is 1. The van der Waals surface area contributed by atoms with Crippen molar-refractivity contribution in [2.75, 3.05) is 19.7 Å². The summed E-state index contributed by atoms with van der Waals surface area (Å²) in [6, 6.07) is 3.83. The fraction of sp³-hybridized carbons (Fsp3) is 0.467. The number of likely N-dealkylation sites (tertiary alicyclic amines) is 1. The molecule has 1 unspecified atom stereocenters. The van der Waals surface area contributed by atoms with Gasteiger partial charge in [-0.2, -0.15) is 0 Å². The third-order valence-corrected chi connectivity index (χ3v) is 4.11. The number of carbonyl (C=O) groups excluding carboxylic acids is 1. The fourth-order valence-electron chi connectivity index (χ4n) is 2.43. The number of halogens is 2. The lowest BCUT2D eigenvalue weighted by Gasteiger charge is -2.37. The average Bonchev–Trinajstić information content (AvgIpc) is 2.48. The van der Waals surface area contributed by atoms with Crippen LogP contribution in [0.1, 0.15) is 19.8 Å². The largest absolute Gasteiger partial charge is 0.484 e. The van der Waals surface area contributed by atoms with Crippen molar-refractivity contribution in [1.29, 1.82) is 0 Å². The second-order valence-corrected chi connectivity index (χ2v) is 6.06. The van der Waals surface area contributed by atoms with Crippen molar-refractivity contribution >= 4 is 23.5 Å². The third kappa shape index (κ3) is 3.68. The number of carbonyl (C=O) groups is 2. The molecule has 2 rings (SSSR count). The van der Waals surface area contributed by atoms with Gasteiger partial charge >= 0.3 is 5.97 Å². The summed E-state index contributed by atoms with van der Waals surface area (Å²) in [6.45, 7) is 2.07. The molecule has 7 heteroatoms. The topological polar surface area (TPSA) is 66.8 Å². The Morgan fingerprint density at radius 1 is 1.50 bits per heavy atom. The van der Waals surface area contributed by atoms with Crippen LogP contribution in [0.4, 0.5) is 4.39 Å². The van der Waals surface area contributed by atoms with Crippen LogP contribution in [-0.2, 0) is 9.59 Å². The molecule has 1 amide bonds. The molecule has 1 aliphatic heterocycles. The van der Waals surface area contributed by atoms with Crippen molar-refractivity contribution in [2.24, 2.45) is 5.41 Å². The molecule has 120 valence electrons. The summed E-state index contributed by atoms with van der Waals surface area (Å²) in [6.07, 6.45) is 1.18. The Morgan fingerprint density at radius 2 is 2.23 bits per heavy atom. The molecule has 1 aromatic carbocycles. The van der Waals surface area contributed by atoms with E-state index in [-0.39, 0.29) is 29.8 Å². The molecule has 1 N–H and O–H groups in total. The van der Waals surface area contributed by atoms with Crippen LogP contribution in [0.2, 0.25) is 5.02 Å². The predicted molar refractivity (Wildman–Crippen MR) is 78.5 cm³/mol. The Hall–Kier alpha value is -1.82. The third-order valence-electron chi connectivity index (χ3n) is 3.82. The predicted octanol–water partition coefficient (Wildman–Crippen LogP) is 2.57. The molecule has 0 spiro atoms. The van der Waals surface area contributed by atoms with E-state index in [4.69, 9.17) is 16.3 Å². The van der Waals surface area contributed by atoms with Gasteiger partial charge in [0.15, 0.2) is 6.61 Å². The van der Waals surface area contributed by atoms with Crippen LogP contribution in [0.3, 0.4) is 0 Å². The molecule has 0 saturated carbocycles. The lowest BCUT2D eigenvalue weighted by molar-refractivity contribution is -0.153. The quantitative estimate of drug-likeness (QED) is 0.922. The first-order chi connectivity index (χ1) is 10.3. The minimum absolute atomic E-state index is 0.0821. The van der Waals surface area contributed by atoms with E-state index in [2.05, 4.69) is 0 Å². The first-order valence-corrected chi connectivity index (χ1v) is 7.29. The lowest BCUT2D eigenvalue weighted by Crippen LogP contribution is -2.49. The maximum absolute atomic E-state index is 13.0. The van der Waals surface area contributed by atoms with Crippen molar-refractivity contribution in [3.05, 3.63) is 29.0 Å². The maximum Gasteiger partial charge on any atom is 0.311 e. The van der Waals surface area contributed by atoms with E-state index in [9.17, 15) is 19.1 Å². The van der Waals surface area contributed by atoms with E-state index >= 15 is 0 Å². The molecule has 1 heterocycles. The Morgan fingerprint density at radius 3 is 2.86 bits per heavy atom. The van der Waals surface area contributed by atoms with Crippen LogP contribution in [0, 0.1) is 11.2 Å². The summed E-state index contributed by atoms with van der Waals surface area (Å²) in [5, 5.41) is 9.16. The number of piperidine rings is 1. The molecule has 5 nitrogen and oxygen atoms in total. The number of hydrogen-bond acceptors (Lipinski definition) is 3. The van der Waals surface area contributed by atoms with Crippen LogP contribution >= 0.6 is 11.6 Å². The molecule has 1 atom stereocenters. The van der Waals surface area contributed by atoms with Crippen LogP contribution in [0.5, 0.6) is 5.75 Å². The minimum Gasteiger partial charge on any atom is -0.484 e. The van der Waals surface area contributed by atoms with Crippen LogP contribution < -0.4 is 4.74 Å². The molecule has 1 fully saturated rings. The highest BCUT2D eigenvalue weighted by Gasteiger charge is 2.39. The normalized spacial score (nSPS) is 21.5.